The van der Waals surface area contributed by atoms with Crippen molar-refractivity contribution in [3.63, 3.8) is 0 Å². The molecule has 1 aromatic rings. The molecule has 4 nitrogen and oxygen atoms in total. The van der Waals surface area contributed by atoms with Crippen LogP contribution in [-0.4, -0.2) is 30.7 Å². The smallest absolute Gasteiger partial charge is 0.221 e. The van der Waals surface area contributed by atoms with Crippen molar-refractivity contribution in [3.05, 3.63) is 35.4 Å². The number of rotatable bonds is 8. The van der Waals surface area contributed by atoms with Crippen LogP contribution >= 0.6 is 11.8 Å². The number of nitrogens with one attached hydrogen (secondary N) is 2. The third-order valence-electron chi connectivity index (χ3n) is 2.68. The molecule has 0 heterocycles. The Balaban J connectivity index is 2.02. The van der Waals surface area contributed by atoms with E-state index in [1.54, 1.807) is 11.8 Å². The van der Waals surface area contributed by atoms with Gasteiger partial charge in [-0.05, 0) is 12.5 Å². The molecule has 0 fully saturated rings. The van der Waals surface area contributed by atoms with Gasteiger partial charge < -0.3 is 10.6 Å². The van der Waals surface area contributed by atoms with Crippen LogP contribution in [0.15, 0.2) is 24.3 Å². The van der Waals surface area contributed by atoms with Crippen molar-refractivity contribution in [1.82, 2.24) is 10.6 Å². The number of aryl methyl sites for hydroxylation is 1. The van der Waals surface area contributed by atoms with E-state index in [1.807, 2.05) is 0 Å². The lowest BCUT2D eigenvalue weighted by Gasteiger charge is -2.06. The predicted molar refractivity (Wildman–Crippen MR) is 83.7 cm³/mol. The van der Waals surface area contributed by atoms with E-state index in [2.05, 4.69) is 41.8 Å². The molecule has 0 bridgehead atoms. The van der Waals surface area contributed by atoms with Crippen molar-refractivity contribution in [2.24, 2.45) is 0 Å². The molecule has 110 valence electrons. The van der Waals surface area contributed by atoms with Gasteiger partial charge in [-0.15, -0.1) is 0 Å². The van der Waals surface area contributed by atoms with E-state index in [0.717, 1.165) is 11.5 Å². The van der Waals surface area contributed by atoms with Gasteiger partial charge in [-0.2, -0.15) is 11.8 Å². The highest BCUT2D eigenvalue weighted by molar-refractivity contribution is 7.98. The SMILES string of the molecule is CC(=O)NCCC(=O)NCCSCc1ccc(C)cc1. The highest BCUT2D eigenvalue weighted by Crippen LogP contribution is 2.12. The first-order valence-corrected chi connectivity index (χ1v) is 7.88. The molecule has 0 aliphatic carbocycles. The lowest BCUT2D eigenvalue weighted by atomic mass is 10.2. The molecule has 0 spiro atoms. The van der Waals surface area contributed by atoms with E-state index in [4.69, 9.17) is 0 Å². The number of carbonyl (C=O) groups is 2. The molecule has 0 aliphatic rings. The van der Waals surface area contributed by atoms with E-state index in [0.29, 0.717) is 19.5 Å². The van der Waals surface area contributed by atoms with Gasteiger partial charge in [0.2, 0.25) is 11.8 Å². The monoisotopic (exact) mass is 294 g/mol. The average molecular weight is 294 g/mol. The minimum atomic E-state index is -0.105. The number of hydrogen-bond donors (Lipinski definition) is 2. The van der Waals surface area contributed by atoms with E-state index < -0.39 is 0 Å². The van der Waals surface area contributed by atoms with E-state index >= 15 is 0 Å². The molecular formula is C15H22N2O2S. The third kappa shape index (κ3) is 7.84. The van der Waals surface area contributed by atoms with Crippen molar-refractivity contribution in [2.75, 3.05) is 18.8 Å². The Labute approximate surface area is 124 Å². The summed E-state index contributed by atoms with van der Waals surface area (Å²) in [5, 5.41) is 5.44. The highest BCUT2D eigenvalue weighted by atomic mass is 32.2. The Kier molecular flexibility index (Phi) is 7.80. The first kappa shape index (κ1) is 16.6. The molecule has 0 aromatic heterocycles. The molecule has 0 radical (unpaired) electrons. The number of carbonyl (C=O) groups excluding carboxylic acids is 2. The minimum absolute atomic E-state index is 0.0188. The van der Waals surface area contributed by atoms with Gasteiger partial charge in [0.25, 0.3) is 0 Å². The van der Waals surface area contributed by atoms with Gasteiger partial charge in [0, 0.05) is 37.9 Å². The molecule has 0 aliphatic heterocycles. The van der Waals surface area contributed by atoms with E-state index in [-0.39, 0.29) is 11.8 Å². The number of hydrogen-bond acceptors (Lipinski definition) is 3. The van der Waals surface area contributed by atoms with E-state index in [1.165, 1.54) is 18.1 Å². The summed E-state index contributed by atoms with van der Waals surface area (Å²) in [6, 6.07) is 8.49. The molecule has 0 unspecified atom stereocenters. The van der Waals surface area contributed by atoms with Crippen LogP contribution in [0, 0.1) is 6.92 Å². The van der Waals surface area contributed by atoms with Gasteiger partial charge in [0.15, 0.2) is 0 Å². The summed E-state index contributed by atoms with van der Waals surface area (Å²) < 4.78 is 0. The second-order valence-corrected chi connectivity index (χ2v) is 5.73. The van der Waals surface area contributed by atoms with Crippen LogP contribution in [0.1, 0.15) is 24.5 Å². The molecule has 1 aromatic carbocycles. The second kappa shape index (κ2) is 9.42. The maximum absolute atomic E-state index is 11.4. The van der Waals surface area contributed by atoms with Gasteiger partial charge in [-0.3, -0.25) is 9.59 Å². The molecule has 0 atom stereocenters. The number of amides is 2. The normalized spacial score (nSPS) is 10.1. The maximum atomic E-state index is 11.4. The van der Waals surface area contributed by atoms with Gasteiger partial charge in [-0.25, -0.2) is 0 Å². The summed E-state index contributed by atoms with van der Waals surface area (Å²) in [6.07, 6.45) is 0.336. The van der Waals surface area contributed by atoms with E-state index in [9.17, 15) is 9.59 Å². The Morgan fingerprint density at radius 3 is 2.45 bits per heavy atom. The minimum Gasteiger partial charge on any atom is -0.356 e. The van der Waals surface area contributed by atoms with Crippen LogP contribution in [0.25, 0.3) is 0 Å². The molecule has 2 N–H and O–H groups in total. The Morgan fingerprint density at radius 1 is 1.10 bits per heavy atom. The second-order valence-electron chi connectivity index (χ2n) is 4.62. The lowest BCUT2D eigenvalue weighted by molar-refractivity contribution is -0.121. The first-order valence-electron chi connectivity index (χ1n) is 6.72. The van der Waals surface area contributed by atoms with Crippen molar-refractivity contribution >= 4 is 23.6 Å². The van der Waals surface area contributed by atoms with Crippen LogP contribution in [-0.2, 0) is 15.3 Å². The summed E-state index contributed by atoms with van der Waals surface area (Å²) in [4.78, 5) is 22.1. The Morgan fingerprint density at radius 2 is 1.80 bits per heavy atom. The molecular weight excluding hydrogens is 272 g/mol. The average Bonchev–Trinajstić information content (AvgIpc) is 2.40. The molecule has 2 amide bonds. The summed E-state index contributed by atoms with van der Waals surface area (Å²) in [5.74, 6) is 1.73. The summed E-state index contributed by atoms with van der Waals surface area (Å²) >= 11 is 1.80. The van der Waals surface area contributed by atoms with Crippen LogP contribution in [0.4, 0.5) is 0 Å². The standard InChI is InChI=1S/C15H22N2O2S/c1-12-3-5-14(6-4-12)11-20-10-9-17-15(19)7-8-16-13(2)18/h3-6H,7-11H2,1-2H3,(H,16,18)(H,17,19). The summed E-state index contributed by atoms with van der Waals surface area (Å²) in [6.45, 7) is 4.58. The third-order valence-corrected chi connectivity index (χ3v) is 3.71. The Hall–Kier alpha value is -1.49. The van der Waals surface area contributed by atoms with Gasteiger partial charge in [0.05, 0.1) is 0 Å². The van der Waals surface area contributed by atoms with Gasteiger partial charge in [0.1, 0.15) is 0 Å². The number of thioether (sulfide) groups is 1. The lowest BCUT2D eigenvalue weighted by Crippen LogP contribution is -2.30. The largest absolute Gasteiger partial charge is 0.356 e. The zero-order valence-electron chi connectivity index (χ0n) is 12.1. The molecule has 0 saturated carbocycles. The van der Waals surface area contributed by atoms with Gasteiger partial charge >= 0.3 is 0 Å². The molecule has 20 heavy (non-hydrogen) atoms. The Bertz CT molecular complexity index is 432. The van der Waals surface area contributed by atoms with Crippen molar-refractivity contribution in [2.45, 2.75) is 26.0 Å². The maximum Gasteiger partial charge on any atom is 0.221 e. The van der Waals surface area contributed by atoms with Crippen LogP contribution in [0.5, 0.6) is 0 Å². The predicted octanol–water partition coefficient (Wildman–Crippen LogP) is 1.87. The first-order chi connectivity index (χ1) is 9.58. The van der Waals surface area contributed by atoms with Crippen LogP contribution in [0.2, 0.25) is 0 Å². The fourth-order valence-electron chi connectivity index (χ4n) is 1.58. The highest BCUT2D eigenvalue weighted by Gasteiger charge is 2.01. The summed E-state index contributed by atoms with van der Waals surface area (Å²) in [7, 11) is 0. The topological polar surface area (TPSA) is 58.2 Å². The molecule has 5 heteroatoms. The quantitative estimate of drug-likeness (QED) is 0.720. The fourth-order valence-corrected chi connectivity index (χ4v) is 2.40. The molecule has 0 saturated heterocycles. The van der Waals surface area contributed by atoms with Crippen molar-refractivity contribution < 1.29 is 9.59 Å². The summed E-state index contributed by atoms with van der Waals surface area (Å²) in [5.41, 5.74) is 2.57. The van der Waals surface area contributed by atoms with Crippen LogP contribution < -0.4 is 10.6 Å². The number of benzene rings is 1. The molecule has 1 rings (SSSR count). The van der Waals surface area contributed by atoms with Gasteiger partial charge in [-0.1, -0.05) is 29.8 Å². The zero-order valence-corrected chi connectivity index (χ0v) is 12.9. The van der Waals surface area contributed by atoms with Crippen molar-refractivity contribution in [1.29, 1.82) is 0 Å². The van der Waals surface area contributed by atoms with Crippen LogP contribution in [0.3, 0.4) is 0 Å². The fraction of sp³-hybridized carbons (Fsp3) is 0.467. The zero-order chi connectivity index (χ0) is 14.8. The van der Waals surface area contributed by atoms with Crippen molar-refractivity contribution in [3.8, 4) is 0 Å².